The highest BCUT2D eigenvalue weighted by atomic mass is 35.5. The molecule has 2 saturated heterocycles. The maximum Gasteiger partial charge on any atom is 0.245 e. The SMILES string of the molecule is CCC[C@@H]1NC(=O)[C@@H]2C[C@H](NCc3sc4ccccc4c3Cl)CN2C1=O. The number of carbonyl (C=O) groups excluding carboxylic acids is 2. The summed E-state index contributed by atoms with van der Waals surface area (Å²) in [5.41, 5.74) is 0. The maximum absolute atomic E-state index is 12.6. The average molecular weight is 392 g/mol. The fourth-order valence-electron chi connectivity index (χ4n) is 3.91. The molecule has 3 atom stereocenters. The van der Waals surface area contributed by atoms with Crippen molar-refractivity contribution in [2.24, 2.45) is 0 Å². The Kier molecular flexibility index (Phi) is 4.90. The fourth-order valence-corrected chi connectivity index (χ4v) is 5.36. The Labute approximate surface area is 161 Å². The molecule has 2 aliphatic rings. The average Bonchev–Trinajstić information content (AvgIpc) is 3.20. The number of halogens is 1. The predicted molar refractivity (Wildman–Crippen MR) is 104 cm³/mol. The van der Waals surface area contributed by atoms with Gasteiger partial charge in [0.25, 0.3) is 0 Å². The van der Waals surface area contributed by atoms with Crippen molar-refractivity contribution in [2.45, 2.75) is 50.9 Å². The Morgan fingerprint density at radius 3 is 2.92 bits per heavy atom. The quantitative estimate of drug-likeness (QED) is 0.823. The van der Waals surface area contributed by atoms with Crippen molar-refractivity contribution in [2.75, 3.05) is 6.54 Å². The van der Waals surface area contributed by atoms with Gasteiger partial charge in [-0.05, 0) is 18.9 Å². The summed E-state index contributed by atoms with van der Waals surface area (Å²) in [6.45, 7) is 3.26. The number of carbonyl (C=O) groups is 2. The van der Waals surface area contributed by atoms with Crippen LogP contribution in [0.5, 0.6) is 0 Å². The summed E-state index contributed by atoms with van der Waals surface area (Å²) in [6, 6.07) is 7.51. The van der Waals surface area contributed by atoms with Crippen LogP contribution in [0.2, 0.25) is 5.02 Å². The molecular weight excluding hydrogens is 370 g/mol. The lowest BCUT2D eigenvalue weighted by Gasteiger charge is -2.34. The maximum atomic E-state index is 12.6. The Hall–Kier alpha value is -1.63. The highest BCUT2D eigenvalue weighted by Gasteiger charge is 2.45. The minimum absolute atomic E-state index is 0.0211. The molecule has 7 heteroatoms. The van der Waals surface area contributed by atoms with E-state index < -0.39 is 0 Å². The molecule has 4 rings (SSSR count). The number of nitrogens with zero attached hydrogens (tertiary/aromatic N) is 1. The molecule has 5 nitrogen and oxygen atoms in total. The van der Waals surface area contributed by atoms with E-state index in [-0.39, 0.29) is 29.9 Å². The van der Waals surface area contributed by atoms with Gasteiger partial charge in [0.2, 0.25) is 11.8 Å². The predicted octanol–water partition coefficient (Wildman–Crippen LogP) is 2.91. The van der Waals surface area contributed by atoms with E-state index in [4.69, 9.17) is 11.6 Å². The summed E-state index contributed by atoms with van der Waals surface area (Å²) in [6.07, 6.45) is 2.23. The van der Waals surface area contributed by atoms with Gasteiger partial charge >= 0.3 is 0 Å². The van der Waals surface area contributed by atoms with Crippen LogP contribution in [0.4, 0.5) is 0 Å². The number of amides is 2. The zero-order valence-electron chi connectivity index (χ0n) is 14.6. The van der Waals surface area contributed by atoms with Crippen LogP contribution >= 0.6 is 22.9 Å². The molecule has 26 heavy (non-hydrogen) atoms. The number of fused-ring (bicyclic) bond motifs is 2. The first kappa shape index (κ1) is 17.8. The van der Waals surface area contributed by atoms with Crippen molar-refractivity contribution in [3.63, 3.8) is 0 Å². The zero-order valence-corrected chi connectivity index (χ0v) is 16.2. The van der Waals surface area contributed by atoms with E-state index in [1.807, 2.05) is 25.1 Å². The summed E-state index contributed by atoms with van der Waals surface area (Å²) < 4.78 is 1.18. The van der Waals surface area contributed by atoms with E-state index in [0.717, 1.165) is 21.7 Å². The molecular formula is C19H22ClN3O2S. The molecule has 1 aromatic carbocycles. The Balaban J connectivity index is 1.43. The molecule has 2 aromatic rings. The first-order valence-corrected chi connectivity index (χ1v) is 10.3. The summed E-state index contributed by atoms with van der Waals surface area (Å²) in [7, 11) is 0. The second-order valence-electron chi connectivity index (χ2n) is 7.01. The molecule has 2 aliphatic heterocycles. The molecule has 0 radical (unpaired) electrons. The van der Waals surface area contributed by atoms with Crippen LogP contribution < -0.4 is 10.6 Å². The normalized spacial score (nSPS) is 25.6. The van der Waals surface area contributed by atoms with E-state index in [0.29, 0.717) is 25.9 Å². The van der Waals surface area contributed by atoms with Crippen LogP contribution in [-0.4, -0.2) is 41.4 Å². The number of thiophene rings is 1. The van der Waals surface area contributed by atoms with Crippen molar-refractivity contribution in [1.29, 1.82) is 0 Å². The third-order valence-electron chi connectivity index (χ3n) is 5.23. The van der Waals surface area contributed by atoms with Gasteiger partial charge in [-0.2, -0.15) is 0 Å². The molecule has 138 valence electrons. The minimum Gasteiger partial charge on any atom is -0.343 e. The molecule has 1 aromatic heterocycles. The smallest absolute Gasteiger partial charge is 0.245 e. The van der Waals surface area contributed by atoms with Crippen LogP contribution in [0.3, 0.4) is 0 Å². The monoisotopic (exact) mass is 391 g/mol. The van der Waals surface area contributed by atoms with Gasteiger partial charge in [-0.25, -0.2) is 0 Å². The van der Waals surface area contributed by atoms with Crippen LogP contribution in [0, 0.1) is 0 Å². The van der Waals surface area contributed by atoms with Gasteiger partial charge in [0.1, 0.15) is 12.1 Å². The van der Waals surface area contributed by atoms with Crippen LogP contribution in [0.25, 0.3) is 10.1 Å². The molecule has 0 spiro atoms. The Morgan fingerprint density at radius 2 is 2.15 bits per heavy atom. The first-order chi connectivity index (χ1) is 12.6. The summed E-state index contributed by atoms with van der Waals surface area (Å²) in [5.74, 6) is 0.0351. The van der Waals surface area contributed by atoms with Gasteiger partial charge in [0.15, 0.2) is 0 Å². The van der Waals surface area contributed by atoms with E-state index in [2.05, 4.69) is 16.7 Å². The van der Waals surface area contributed by atoms with Gasteiger partial charge in [0.05, 0.1) is 5.02 Å². The number of hydrogen-bond donors (Lipinski definition) is 2. The number of rotatable bonds is 5. The van der Waals surface area contributed by atoms with Crippen LogP contribution in [0.15, 0.2) is 24.3 Å². The van der Waals surface area contributed by atoms with Gasteiger partial charge in [0, 0.05) is 34.1 Å². The first-order valence-electron chi connectivity index (χ1n) is 9.08. The molecule has 2 amide bonds. The van der Waals surface area contributed by atoms with E-state index >= 15 is 0 Å². The summed E-state index contributed by atoms with van der Waals surface area (Å²) in [5, 5.41) is 8.26. The lowest BCUT2D eigenvalue weighted by Crippen LogP contribution is -2.61. The molecule has 0 aliphatic carbocycles. The van der Waals surface area contributed by atoms with Crippen molar-refractivity contribution in [1.82, 2.24) is 15.5 Å². The third kappa shape index (κ3) is 3.10. The van der Waals surface area contributed by atoms with Crippen molar-refractivity contribution in [3.8, 4) is 0 Å². The Morgan fingerprint density at radius 1 is 1.35 bits per heavy atom. The van der Waals surface area contributed by atoms with Crippen LogP contribution in [-0.2, 0) is 16.1 Å². The van der Waals surface area contributed by atoms with Gasteiger partial charge < -0.3 is 15.5 Å². The number of nitrogens with one attached hydrogen (secondary N) is 2. The molecule has 0 bridgehead atoms. The summed E-state index contributed by atoms with van der Waals surface area (Å²) >= 11 is 8.19. The number of hydrogen-bond acceptors (Lipinski definition) is 4. The Bertz CT molecular complexity index is 852. The van der Waals surface area contributed by atoms with E-state index in [9.17, 15) is 9.59 Å². The molecule has 0 saturated carbocycles. The minimum atomic E-state index is -0.362. The highest BCUT2D eigenvalue weighted by molar-refractivity contribution is 7.19. The van der Waals surface area contributed by atoms with Crippen LogP contribution in [0.1, 0.15) is 31.1 Å². The summed E-state index contributed by atoms with van der Waals surface area (Å²) in [4.78, 5) is 27.8. The lowest BCUT2D eigenvalue weighted by atomic mass is 10.0. The van der Waals surface area contributed by atoms with Crippen molar-refractivity contribution < 1.29 is 9.59 Å². The highest BCUT2D eigenvalue weighted by Crippen LogP contribution is 2.35. The van der Waals surface area contributed by atoms with E-state index in [1.165, 1.54) is 4.70 Å². The fraction of sp³-hybridized carbons (Fsp3) is 0.474. The second kappa shape index (κ2) is 7.18. The topological polar surface area (TPSA) is 61.4 Å². The standard InChI is InChI=1S/C19H22ClN3O2S/c1-2-5-13-19(25)23-10-11(8-14(23)18(24)22-13)21-9-16-17(20)12-6-3-4-7-15(12)26-16/h3-4,6-7,11,13-14,21H,2,5,8-10H2,1H3,(H,22,24)/t11-,13-,14-/m0/s1. The molecule has 2 fully saturated rings. The van der Waals surface area contributed by atoms with Gasteiger partial charge in [-0.3, -0.25) is 9.59 Å². The second-order valence-corrected chi connectivity index (χ2v) is 8.52. The van der Waals surface area contributed by atoms with Crippen molar-refractivity contribution >= 4 is 44.8 Å². The molecule has 0 unspecified atom stereocenters. The van der Waals surface area contributed by atoms with Crippen molar-refractivity contribution in [3.05, 3.63) is 34.2 Å². The number of piperazine rings is 1. The number of benzene rings is 1. The lowest BCUT2D eigenvalue weighted by molar-refractivity contribution is -0.147. The van der Waals surface area contributed by atoms with Gasteiger partial charge in [-0.1, -0.05) is 43.1 Å². The molecule has 2 N–H and O–H groups in total. The zero-order chi connectivity index (χ0) is 18.3. The molecule has 3 heterocycles. The largest absolute Gasteiger partial charge is 0.343 e. The van der Waals surface area contributed by atoms with Gasteiger partial charge in [-0.15, -0.1) is 11.3 Å². The van der Waals surface area contributed by atoms with E-state index in [1.54, 1.807) is 16.2 Å². The third-order valence-corrected chi connectivity index (χ3v) is 6.95.